The molecule has 148 valence electrons. The molecule has 6 heteroatoms. The number of para-hydroxylation sites is 2. The van der Waals surface area contributed by atoms with Gasteiger partial charge in [0, 0.05) is 0 Å². The van der Waals surface area contributed by atoms with Crippen molar-refractivity contribution in [2.24, 2.45) is 0 Å². The number of carbonyl (C=O) groups is 2. The predicted molar refractivity (Wildman–Crippen MR) is 109 cm³/mol. The normalized spacial score (nSPS) is 11.2. The molecule has 0 heterocycles. The topological polar surface area (TPSA) is 76.7 Å². The summed E-state index contributed by atoms with van der Waals surface area (Å²) in [7, 11) is 0. The van der Waals surface area contributed by atoms with Crippen LogP contribution in [-0.2, 0) is 11.4 Å². The second kappa shape index (κ2) is 9.94. The smallest absolute Gasteiger partial charge is 0.279 e. The highest BCUT2D eigenvalue weighted by atomic mass is 16.5. The monoisotopic (exact) mass is 390 g/mol. The maximum absolute atomic E-state index is 12.5. The molecule has 3 aromatic rings. The van der Waals surface area contributed by atoms with Gasteiger partial charge in [0.05, 0.1) is 5.56 Å². The molecule has 0 aliphatic rings. The van der Waals surface area contributed by atoms with Crippen LogP contribution in [0.15, 0.2) is 84.9 Å². The molecule has 3 rings (SSSR count). The van der Waals surface area contributed by atoms with E-state index in [9.17, 15) is 9.59 Å². The summed E-state index contributed by atoms with van der Waals surface area (Å²) < 4.78 is 11.3. The maximum Gasteiger partial charge on any atom is 0.279 e. The van der Waals surface area contributed by atoms with E-state index in [4.69, 9.17) is 9.47 Å². The summed E-state index contributed by atoms with van der Waals surface area (Å²) in [6.07, 6.45) is -0.776. The molecule has 0 bridgehead atoms. The molecule has 0 aliphatic heterocycles. The Bertz CT molecular complexity index is 945. The number of nitrogens with one attached hydrogen (secondary N) is 2. The van der Waals surface area contributed by atoms with Gasteiger partial charge in [-0.3, -0.25) is 20.4 Å². The summed E-state index contributed by atoms with van der Waals surface area (Å²) in [6, 6.07) is 25.5. The minimum Gasteiger partial charge on any atom is -0.488 e. The number of ether oxygens (including phenoxy) is 2. The first kappa shape index (κ1) is 19.9. The molecule has 2 N–H and O–H groups in total. The Labute approximate surface area is 169 Å². The van der Waals surface area contributed by atoms with Gasteiger partial charge in [0.15, 0.2) is 6.10 Å². The number of hydrazine groups is 1. The Balaban J connectivity index is 1.55. The van der Waals surface area contributed by atoms with Gasteiger partial charge >= 0.3 is 0 Å². The van der Waals surface area contributed by atoms with Gasteiger partial charge < -0.3 is 9.47 Å². The first-order valence-electron chi connectivity index (χ1n) is 9.21. The molecule has 29 heavy (non-hydrogen) atoms. The molecule has 0 aliphatic carbocycles. The van der Waals surface area contributed by atoms with Crippen molar-refractivity contribution in [1.82, 2.24) is 10.9 Å². The van der Waals surface area contributed by atoms with Gasteiger partial charge in [0.2, 0.25) is 0 Å². The van der Waals surface area contributed by atoms with Gasteiger partial charge in [-0.05, 0) is 36.8 Å². The van der Waals surface area contributed by atoms with Gasteiger partial charge in [-0.2, -0.15) is 0 Å². The zero-order valence-corrected chi connectivity index (χ0v) is 16.0. The van der Waals surface area contributed by atoms with Crippen molar-refractivity contribution in [3.8, 4) is 11.5 Å². The maximum atomic E-state index is 12.5. The highest BCUT2D eigenvalue weighted by Crippen LogP contribution is 2.19. The third-order valence-corrected chi connectivity index (χ3v) is 4.09. The van der Waals surface area contributed by atoms with Crippen LogP contribution in [0.3, 0.4) is 0 Å². The third kappa shape index (κ3) is 5.84. The van der Waals surface area contributed by atoms with E-state index in [1.54, 1.807) is 43.3 Å². The van der Waals surface area contributed by atoms with E-state index in [0.29, 0.717) is 23.7 Å². The van der Waals surface area contributed by atoms with E-state index in [0.717, 1.165) is 5.56 Å². The van der Waals surface area contributed by atoms with Crippen LogP contribution in [0.1, 0.15) is 22.8 Å². The van der Waals surface area contributed by atoms with Gasteiger partial charge in [0.25, 0.3) is 11.8 Å². The lowest BCUT2D eigenvalue weighted by Gasteiger charge is -2.16. The fraction of sp³-hybridized carbons (Fsp3) is 0.130. The Morgan fingerprint density at radius 1 is 0.828 bits per heavy atom. The number of hydrogen-bond acceptors (Lipinski definition) is 4. The van der Waals surface area contributed by atoms with E-state index < -0.39 is 17.9 Å². The quantitative estimate of drug-likeness (QED) is 0.606. The molecule has 0 spiro atoms. The van der Waals surface area contributed by atoms with Gasteiger partial charge in [-0.15, -0.1) is 0 Å². The fourth-order valence-electron chi connectivity index (χ4n) is 2.56. The largest absolute Gasteiger partial charge is 0.488 e. The van der Waals surface area contributed by atoms with Crippen molar-refractivity contribution < 1.29 is 19.1 Å². The molecule has 0 aromatic heterocycles. The Morgan fingerprint density at radius 3 is 2.17 bits per heavy atom. The van der Waals surface area contributed by atoms with Crippen LogP contribution in [0.25, 0.3) is 0 Å². The summed E-state index contributed by atoms with van der Waals surface area (Å²) in [5.74, 6) is 0.0524. The van der Waals surface area contributed by atoms with E-state index in [2.05, 4.69) is 10.9 Å². The minimum atomic E-state index is -0.776. The van der Waals surface area contributed by atoms with E-state index in [-0.39, 0.29) is 0 Å². The highest BCUT2D eigenvalue weighted by molar-refractivity contribution is 5.98. The van der Waals surface area contributed by atoms with E-state index in [1.165, 1.54) is 0 Å². The summed E-state index contributed by atoms with van der Waals surface area (Å²) in [5.41, 5.74) is 6.10. The summed E-state index contributed by atoms with van der Waals surface area (Å²) >= 11 is 0. The molecular formula is C23H22N2O4. The predicted octanol–water partition coefficient (Wildman–Crippen LogP) is 3.49. The Kier molecular flexibility index (Phi) is 6.84. The van der Waals surface area contributed by atoms with Crippen molar-refractivity contribution in [1.29, 1.82) is 0 Å². The van der Waals surface area contributed by atoms with Crippen molar-refractivity contribution in [2.75, 3.05) is 0 Å². The second-order valence-corrected chi connectivity index (χ2v) is 6.29. The number of amides is 2. The molecule has 0 unspecified atom stereocenters. The Morgan fingerprint density at radius 2 is 1.45 bits per heavy atom. The summed E-state index contributed by atoms with van der Waals surface area (Å²) in [6.45, 7) is 1.94. The molecule has 0 saturated carbocycles. The third-order valence-electron chi connectivity index (χ3n) is 4.09. The molecule has 6 nitrogen and oxygen atoms in total. The lowest BCUT2D eigenvalue weighted by molar-refractivity contribution is -0.128. The van der Waals surface area contributed by atoms with Crippen LogP contribution in [0.5, 0.6) is 11.5 Å². The SMILES string of the molecule is C[C@@H](Oc1ccccc1)C(=O)NNC(=O)c1ccccc1OCc1ccccc1. The van der Waals surface area contributed by atoms with Crippen molar-refractivity contribution in [3.63, 3.8) is 0 Å². The summed E-state index contributed by atoms with van der Waals surface area (Å²) in [5, 5.41) is 0. The van der Waals surface area contributed by atoms with Crippen molar-refractivity contribution in [2.45, 2.75) is 19.6 Å². The highest BCUT2D eigenvalue weighted by Gasteiger charge is 2.17. The van der Waals surface area contributed by atoms with Gasteiger partial charge in [-0.25, -0.2) is 0 Å². The first-order valence-corrected chi connectivity index (χ1v) is 9.21. The molecule has 1 atom stereocenters. The molecule has 2 amide bonds. The van der Waals surface area contributed by atoms with E-state index >= 15 is 0 Å². The number of benzene rings is 3. The van der Waals surface area contributed by atoms with Crippen LogP contribution < -0.4 is 20.3 Å². The molecule has 0 saturated heterocycles. The zero-order valence-electron chi connectivity index (χ0n) is 16.0. The minimum absolute atomic E-state index is 0.320. The van der Waals surface area contributed by atoms with Crippen LogP contribution >= 0.6 is 0 Å². The lowest BCUT2D eigenvalue weighted by atomic mass is 10.2. The van der Waals surface area contributed by atoms with Gasteiger partial charge in [0.1, 0.15) is 18.1 Å². The number of carbonyl (C=O) groups excluding carboxylic acids is 2. The average Bonchev–Trinajstić information content (AvgIpc) is 2.77. The van der Waals surface area contributed by atoms with Gasteiger partial charge in [-0.1, -0.05) is 60.7 Å². The fourth-order valence-corrected chi connectivity index (χ4v) is 2.56. The number of hydrogen-bond donors (Lipinski definition) is 2. The first-order chi connectivity index (χ1) is 14.1. The van der Waals surface area contributed by atoms with Crippen molar-refractivity contribution in [3.05, 3.63) is 96.1 Å². The Hall–Kier alpha value is -3.80. The van der Waals surface area contributed by atoms with E-state index in [1.807, 2.05) is 48.5 Å². The molecule has 0 fully saturated rings. The molecule has 3 aromatic carbocycles. The number of rotatable bonds is 7. The van der Waals surface area contributed by atoms with Crippen LogP contribution in [0.2, 0.25) is 0 Å². The van der Waals surface area contributed by atoms with Crippen LogP contribution in [-0.4, -0.2) is 17.9 Å². The van der Waals surface area contributed by atoms with Crippen molar-refractivity contribution >= 4 is 11.8 Å². The average molecular weight is 390 g/mol. The van der Waals surface area contributed by atoms with Crippen LogP contribution in [0, 0.1) is 0 Å². The zero-order chi connectivity index (χ0) is 20.5. The lowest BCUT2D eigenvalue weighted by Crippen LogP contribution is -2.47. The standard InChI is InChI=1S/C23H22N2O4/c1-17(29-19-12-6-3-7-13-19)22(26)24-25-23(27)20-14-8-9-15-21(20)28-16-18-10-4-2-5-11-18/h2-15,17H,16H2,1H3,(H,24,26)(H,25,27)/t17-/m1/s1. The molecular weight excluding hydrogens is 368 g/mol. The molecule has 0 radical (unpaired) electrons. The second-order valence-electron chi connectivity index (χ2n) is 6.29. The van der Waals surface area contributed by atoms with Crippen LogP contribution in [0.4, 0.5) is 0 Å². The summed E-state index contributed by atoms with van der Waals surface area (Å²) in [4.78, 5) is 24.7.